The van der Waals surface area contributed by atoms with Gasteiger partial charge in [-0.1, -0.05) is 0 Å². The van der Waals surface area contributed by atoms with Gasteiger partial charge in [-0.3, -0.25) is 5.32 Å². The van der Waals surface area contributed by atoms with E-state index >= 15 is 0 Å². The second-order valence-corrected chi connectivity index (χ2v) is 6.78. The van der Waals surface area contributed by atoms with Gasteiger partial charge in [-0.15, -0.1) is 5.10 Å². The second-order valence-electron chi connectivity index (χ2n) is 6.78. The Hall–Kier alpha value is -4.14. The molecule has 3 heterocycles. The number of fused-ring (bicyclic) bond motifs is 1. The lowest BCUT2D eigenvalue weighted by atomic mass is 10.1. The van der Waals surface area contributed by atoms with Gasteiger partial charge in [0.15, 0.2) is 11.5 Å². The number of rotatable bonds is 7. The fourth-order valence-electron chi connectivity index (χ4n) is 2.69. The van der Waals surface area contributed by atoms with Gasteiger partial charge in [-0.05, 0) is 25.1 Å². The molecule has 3 rings (SSSR count). The number of pyridine rings is 1. The number of aromatic nitrogens is 4. The number of halogens is 3. The maximum absolute atomic E-state index is 13.1. The molecule has 0 radical (unpaired) electrons. The van der Waals surface area contributed by atoms with Crippen LogP contribution in [-0.2, 0) is 6.18 Å². The third-order valence-corrected chi connectivity index (χ3v) is 4.33. The first-order valence-corrected chi connectivity index (χ1v) is 9.66. The molecule has 0 bridgehead atoms. The molecular weight excluding hydrogens is 443 g/mol. The van der Waals surface area contributed by atoms with Gasteiger partial charge in [0.2, 0.25) is 0 Å². The van der Waals surface area contributed by atoms with Crippen molar-refractivity contribution in [3.8, 4) is 11.3 Å². The molecule has 0 saturated carbocycles. The topological polar surface area (TPSA) is 178 Å². The number of nitrogen functional groups attached to an aromatic ring is 1. The van der Waals surface area contributed by atoms with Crippen molar-refractivity contribution < 1.29 is 18.0 Å². The second kappa shape index (κ2) is 9.56. The highest BCUT2D eigenvalue weighted by Gasteiger charge is 2.34. The summed E-state index contributed by atoms with van der Waals surface area (Å²) >= 11 is 0. The van der Waals surface area contributed by atoms with E-state index in [-0.39, 0.29) is 35.9 Å². The number of amidine groups is 1. The molecule has 12 nitrogen and oxygen atoms in total. The summed E-state index contributed by atoms with van der Waals surface area (Å²) in [5.74, 6) is 5.34. The predicted octanol–water partition coefficient (Wildman–Crippen LogP) is 1.37. The average molecular weight is 465 g/mol. The van der Waals surface area contributed by atoms with Gasteiger partial charge in [0, 0.05) is 24.7 Å². The van der Waals surface area contributed by atoms with Crippen molar-refractivity contribution in [1.29, 1.82) is 0 Å². The third kappa shape index (κ3) is 5.97. The summed E-state index contributed by atoms with van der Waals surface area (Å²) < 4.78 is 40.6. The highest BCUT2D eigenvalue weighted by atomic mass is 19.4. The fourth-order valence-corrected chi connectivity index (χ4v) is 2.69. The van der Waals surface area contributed by atoms with Crippen LogP contribution in [0.4, 0.5) is 29.6 Å². The van der Waals surface area contributed by atoms with Crippen LogP contribution < -0.4 is 27.9 Å². The molecule has 0 aliphatic heterocycles. The zero-order chi connectivity index (χ0) is 24.2. The van der Waals surface area contributed by atoms with Crippen molar-refractivity contribution in [3.05, 3.63) is 36.2 Å². The molecule has 0 aromatic carbocycles. The average Bonchev–Trinajstić information content (AvgIpc) is 3.14. The van der Waals surface area contributed by atoms with Crippen LogP contribution in [0.3, 0.4) is 0 Å². The molecule has 2 amide bonds. The first-order valence-electron chi connectivity index (χ1n) is 9.66. The van der Waals surface area contributed by atoms with Gasteiger partial charge < -0.3 is 16.8 Å². The molecule has 0 spiro atoms. The van der Waals surface area contributed by atoms with Gasteiger partial charge in [0.05, 0.1) is 24.0 Å². The Morgan fingerprint density at radius 1 is 1.33 bits per heavy atom. The van der Waals surface area contributed by atoms with Crippen molar-refractivity contribution in [2.45, 2.75) is 19.5 Å². The summed E-state index contributed by atoms with van der Waals surface area (Å²) in [6.45, 7) is 2.50. The number of hydrazine groups is 1. The number of carbonyl (C=O) groups excluding carboxylic acids is 1. The number of imidazole rings is 1. The summed E-state index contributed by atoms with van der Waals surface area (Å²) in [7, 11) is 0. The Morgan fingerprint density at radius 3 is 2.79 bits per heavy atom. The first kappa shape index (κ1) is 23.5. The van der Waals surface area contributed by atoms with E-state index < -0.39 is 23.6 Å². The van der Waals surface area contributed by atoms with E-state index in [1.807, 2.05) is 6.92 Å². The molecule has 15 heteroatoms. The Kier molecular flexibility index (Phi) is 6.81. The summed E-state index contributed by atoms with van der Waals surface area (Å²) in [4.78, 5) is 19.9. The fraction of sp³-hybridized carbons (Fsp3) is 0.278. The van der Waals surface area contributed by atoms with Gasteiger partial charge >= 0.3 is 12.2 Å². The number of alkyl halides is 3. The van der Waals surface area contributed by atoms with E-state index in [2.05, 4.69) is 30.8 Å². The van der Waals surface area contributed by atoms with E-state index in [1.54, 1.807) is 6.07 Å². The smallest absolute Gasteiger partial charge is 0.386 e. The van der Waals surface area contributed by atoms with Crippen LogP contribution in [0.1, 0.15) is 18.9 Å². The summed E-state index contributed by atoms with van der Waals surface area (Å²) in [5.41, 5.74) is 10.7. The number of nitrogens with one attached hydrogen (secondary N) is 2. The van der Waals surface area contributed by atoms with Crippen LogP contribution in [0.25, 0.3) is 16.9 Å². The highest BCUT2D eigenvalue weighted by molar-refractivity contribution is 5.89. The Labute approximate surface area is 185 Å². The Bertz CT molecular complexity index is 1180. The van der Waals surface area contributed by atoms with Crippen molar-refractivity contribution in [2.24, 2.45) is 16.7 Å². The molecule has 8 N–H and O–H groups in total. The quantitative estimate of drug-likeness (QED) is 0.150. The van der Waals surface area contributed by atoms with Crippen molar-refractivity contribution >= 4 is 29.1 Å². The zero-order valence-corrected chi connectivity index (χ0v) is 17.5. The monoisotopic (exact) mass is 465 g/mol. The number of hydrogen-bond donors (Lipinski definition) is 5. The maximum Gasteiger partial charge on any atom is 0.419 e. The van der Waals surface area contributed by atoms with Crippen molar-refractivity contribution in [1.82, 2.24) is 30.0 Å². The van der Waals surface area contributed by atoms with Crippen LogP contribution in [0.15, 0.2) is 35.7 Å². The molecule has 0 saturated heterocycles. The number of urea groups is 1. The van der Waals surface area contributed by atoms with Crippen molar-refractivity contribution in [2.75, 3.05) is 24.1 Å². The molecule has 3 aromatic heterocycles. The molecule has 0 aliphatic rings. The zero-order valence-electron chi connectivity index (χ0n) is 17.5. The molecule has 33 heavy (non-hydrogen) atoms. The van der Waals surface area contributed by atoms with Crippen LogP contribution in [0, 0.1) is 0 Å². The number of nitrogens with two attached hydrogens (primary N) is 3. The van der Waals surface area contributed by atoms with Crippen LogP contribution in [-0.4, -0.2) is 49.7 Å². The van der Waals surface area contributed by atoms with Gasteiger partial charge in [0.25, 0.3) is 0 Å². The van der Waals surface area contributed by atoms with Crippen LogP contribution in [0.5, 0.6) is 0 Å². The minimum absolute atomic E-state index is 0.123. The van der Waals surface area contributed by atoms with E-state index in [9.17, 15) is 18.0 Å². The number of carbonyl (C=O) groups is 1. The molecule has 0 atom stereocenters. The highest BCUT2D eigenvalue weighted by Crippen LogP contribution is 2.34. The standard InChI is InChI=1S/C18H22F3N11O/c1-2-32(24)30-13(22)5-6-25-17(33)28-14-9-31-15(27-14)4-3-12(29-31)10-7-11(18(19,20)21)16(23)26-8-10/h3-4,7-9H,2,5-6,24H2,1H3,(H2,22,30)(H2,23,26)(H2,25,28,33). The molecule has 176 valence electrons. The minimum atomic E-state index is -4.65. The summed E-state index contributed by atoms with van der Waals surface area (Å²) in [5, 5.41) is 14.4. The number of nitrogens with zero attached hydrogens (tertiary/aromatic N) is 6. The third-order valence-electron chi connectivity index (χ3n) is 4.33. The molecule has 0 unspecified atom stereocenters. The minimum Gasteiger partial charge on any atom is -0.386 e. The number of amides is 2. The first-order chi connectivity index (χ1) is 15.6. The number of hydrazone groups is 1. The predicted molar refractivity (Wildman–Crippen MR) is 115 cm³/mol. The van der Waals surface area contributed by atoms with E-state index in [1.165, 1.54) is 28.1 Å². The van der Waals surface area contributed by atoms with Crippen LogP contribution >= 0.6 is 0 Å². The number of hydrogen-bond acceptors (Lipinski definition) is 8. The summed E-state index contributed by atoms with van der Waals surface area (Å²) in [6.07, 6.45) is -1.75. The van der Waals surface area contributed by atoms with E-state index in [0.29, 0.717) is 12.2 Å². The molecule has 0 fully saturated rings. The summed E-state index contributed by atoms with van der Waals surface area (Å²) in [6, 6.07) is 3.36. The SMILES string of the molecule is CCN(N)/N=C(\N)CCNC(=O)Nc1cn2nc(-c3cnc(N)c(C(F)(F)F)c3)ccc2n1. The largest absolute Gasteiger partial charge is 0.419 e. The molecule has 3 aromatic rings. The lowest BCUT2D eigenvalue weighted by Gasteiger charge is -2.10. The molecular formula is C18H22F3N11O. The lowest BCUT2D eigenvalue weighted by molar-refractivity contribution is -0.137. The van der Waals surface area contributed by atoms with Crippen molar-refractivity contribution in [3.63, 3.8) is 0 Å². The normalized spacial score (nSPS) is 12.1. The van der Waals surface area contributed by atoms with Gasteiger partial charge in [0.1, 0.15) is 11.7 Å². The van der Waals surface area contributed by atoms with Gasteiger partial charge in [-0.25, -0.2) is 30.2 Å². The van der Waals surface area contributed by atoms with E-state index in [4.69, 9.17) is 17.3 Å². The Balaban J connectivity index is 1.68. The van der Waals surface area contributed by atoms with E-state index in [0.717, 1.165) is 6.07 Å². The maximum atomic E-state index is 13.1. The van der Waals surface area contributed by atoms with Gasteiger partial charge in [-0.2, -0.15) is 18.3 Å². The molecule has 0 aliphatic carbocycles. The van der Waals surface area contributed by atoms with Crippen LogP contribution in [0.2, 0.25) is 0 Å². The number of anilines is 2. The Morgan fingerprint density at radius 2 is 2.09 bits per heavy atom. The lowest BCUT2D eigenvalue weighted by Crippen LogP contribution is -2.33.